The zero-order chi connectivity index (χ0) is 12.3. The number of rotatable bonds is 3. The molecule has 1 fully saturated rings. The van der Waals surface area contributed by atoms with Gasteiger partial charge in [0.25, 0.3) is 0 Å². The van der Waals surface area contributed by atoms with E-state index in [1.807, 2.05) is 12.1 Å². The number of anilines is 2. The maximum absolute atomic E-state index is 5.88. The minimum atomic E-state index is 0.809. The van der Waals surface area contributed by atoms with E-state index in [1.54, 1.807) is 0 Å². The van der Waals surface area contributed by atoms with Crippen molar-refractivity contribution in [3.05, 3.63) is 17.8 Å². The van der Waals surface area contributed by atoms with Crippen LogP contribution in [0.5, 0.6) is 0 Å². The molecule has 94 valence electrons. The maximum Gasteiger partial charge on any atom is 0.129 e. The first-order chi connectivity index (χ1) is 8.24. The smallest absolute Gasteiger partial charge is 0.129 e. The molecule has 0 bridgehead atoms. The fourth-order valence-corrected chi connectivity index (χ4v) is 2.25. The molecule has 1 aliphatic heterocycles. The SMILES string of the molecule is CCc1nc(N2CCN(CC)CC2)ccc1N. The van der Waals surface area contributed by atoms with E-state index in [4.69, 9.17) is 5.73 Å². The van der Waals surface area contributed by atoms with Gasteiger partial charge >= 0.3 is 0 Å². The molecule has 0 radical (unpaired) electrons. The Morgan fingerprint density at radius 2 is 1.88 bits per heavy atom. The van der Waals surface area contributed by atoms with Gasteiger partial charge in [-0.25, -0.2) is 4.98 Å². The molecule has 0 spiro atoms. The summed E-state index contributed by atoms with van der Waals surface area (Å²) in [7, 11) is 0. The van der Waals surface area contributed by atoms with E-state index in [1.165, 1.54) is 0 Å². The van der Waals surface area contributed by atoms with Crippen LogP contribution in [-0.4, -0.2) is 42.6 Å². The van der Waals surface area contributed by atoms with Gasteiger partial charge in [-0.15, -0.1) is 0 Å². The molecular weight excluding hydrogens is 212 g/mol. The summed E-state index contributed by atoms with van der Waals surface area (Å²) in [4.78, 5) is 9.47. The first-order valence-corrected chi connectivity index (χ1v) is 6.47. The van der Waals surface area contributed by atoms with Crippen molar-refractivity contribution in [3.8, 4) is 0 Å². The number of pyridine rings is 1. The zero-order valence-electron chi connectivity index (χ0n) is 10.8. The van der Waals surface area contributed by atoms with Crippen LogP contribution in [0.25, 0.3) is 0 Å². The summed E-state index contributed by atoms with van der Waals surface area (Å²) in [6, 6.07) is 4.02. The lowest BCUT2D eigenvalue weighted by Gasteiger charge is -2.35. The second-order valence-corrected chi connectivity index (χ2v) is 4.48. The van der Waals surface area contributed by atoms with Gasteiger partial charge in [0.1, 0.15) is 5.82 Å². The van der Waals surface area contributed by atoms with Gasteiger partial charge in [-0.1, -0.05) is 13.8 Å². The topological polar surface area (TPSA) is 45.4 Å². The predicted octanol–water partition coefficient (Wildman–Crippen LogP) is 1.37. The number of hydrogen-bond acceptors (Lipinski definition) is 4. The molecule has 1 aromatic heterocycles. The Balaban J connectivity index is 2.08. The van der Waals surface area contributed by atoms with E-state index in [9.17, 15) is 0 Å². The van der Waals surface area contributed by atoms with Crippen LogP contribution in [0.4, 0.5) is 11.5 Å². The standard InChI is InChI=1S/C13H22N4/c1-3-12-11(14)5-6-13(15-12)17-9-7-16(4-2)8-10-17/h5-6H,3-4,7-10,14H2,1-2H3. The molecule has 4 nitrogen and oxygen atoms in total. The lowest BCUT2D eigenvalue weighted by atomic mass is 10.2. The molecule has 4 heteroatoms. The Labute approximate surface area is 103 Å². The van der Waals surface area contributed by atoms with Crippen LogP contribution in [0.2, 0.25) is 0 Å². The van der Waals surface area contributed by atoms with E-state index in [0.29, 0.717) is 0 Å². The fourth-order valence-electron chi connectivity index (χ4n) is 2.25. The van der Waals surface area contributed by atoms with E-state index < -0.39 is 0 Å². The number of nitrogens with zero attached hydrogens (tertiary/aromatic N) is 3. The van der Waals surface area contributed by atoms with Crippen LogP contribution in [0.15, 0.2) is 12.1 Å². The second kappa shape index (κ2) is 5.36. The third-order valence-electron chi connectivity index (χ3n) is 3.47. The van der Waals surface area contributed by atoms with Crippen LogP contribution in [-0.2, 0) is 6.42 Å². The van der Waals surface area contributed by atoms with Crippen molar-refractivity contribution in [2.75, 3.05) is 43.4 Å². The quantitative estimate of drug-likeness (QED) is 0.858. The minimum Gasteiger partial charge on any atom is -0.397 e. The normalized spacial score (nSPS) is 17.4. The molecule has 0 saturated carbocycles. The Morgan fingerprint density at radius 1 is 1.18 bits per heavy atom. The van der Waals surface area contributed by atoms with Crippen molar-refractivity contribution in [1.29, 1.82) is 0 Å². The lowest BCUT2D eigenvalue weighted by Crippen LogP contribution is -2.46. The van der Waals surface area contributed by atoms with Crippen LogP contribution in [0.3, 0.4) is 0 Å². The average Bonchev–Trinajstić information content (AvgIpc) is 2.39. The highest BCUT2D eigenvalue weighted by molar-refractivity contribution is 5.51. The van der Waals surface area contributed by atoms with Gasteiger partial charge < -0.3 is 15.5 Å². The van der Waals surface area contributed by atoms with Crippen molar-refractivity contribution in [2.24, 2.45) is 0 Å². The van der Waals surface area contributed by atoms with Crippen LogP contribution < -0.4 is 10.6 Å². The van der Waals surface area contributed by atoms with E-state index in [2.05, 4.69) is 28.6 Å². The largest absolute Gasteiger partial charge is 0.397 e. The van der Waals surface area contributed by atoms with E-state index in [0.717, 1.165) is 56.3 Å². The Hall–Kier alpha value is -1.29. The first-order valence-electron chi connectivity index (χ1n) is 6.47. The lowest BCUT2D eigenvalue weighted by molar-refractivity contribution is 0.270. The highest BCUT2D eigenvalue weighted by atomic mass is 15.3. The van der Waals surface area contributed by atoms with Crippen molar-refractivity contribution in [1.82, 2.24) is 9.88 Å². The molecule has 2 rings (SSSR count). The van der Waals surface area contributed by atoms with Crippen molar-refractivity contribution in [2.45, 2.75) is 20.3 Å². The number of nitrogens with two attached hydrogens (primary N) is 1. The van der Waals surface area contributed by atoms with Gasteiger partial charge in [0.05, 0.1) is 11.4 Å². The van der Waals surface area contributed by atoms with Crippen molar-refractivity contribution < 1.29 is 0 Å². The monoisotopic (exact) mass is 234 g/mol. The Bertz CT molecular complexity index is 370. The first kappa shape index (κ1) is 12.2. The summed E-state index contributed by atoms with van der Waals surface area (Å²) < 4.78 is 0. The third-order valence-corrected chi connectivity index (χ3v) is 3.47. The number of aryl methyl sites for hydroxylation is 1. The average molecular weight is 234 g/mol. The molecule has 0 amide bonds. The summed E-state index contributed by atoms with van der Waals surface area (Å²) >= 11 is 0. The molecular formula is C13H22N4. The van der Waals surface area contributed by atoms with E-state index in [-0.39, 0.29) is 0 Å². The van der Waals surface area contributed by atoms with Gasteiger partial charge in [0.2, 0.25) is 0 Å². The Kier molecular flexibility index (Phi) is 3.84. The summed E-state index contributed by atoms with van der Waals surface area (Å²) in [6.45, 7) is 9.84. The van der Waals surface area contributed by atoms with Gasteiger partial charge in [-0.05, 0) is 25.1 Å². The van der Waals surface area contributed by atoms with Crippen LogP contribution in [0.1, 0.15) is 19.5 Å². The number of hydrogen-bond donors (Lipinski definition) is 1. The van der Waals surface area contributed by atoms with Gasteiger partial charge in [0, 0.05) is 26.2 Å². The highest BCUT2D eigenvalue weighted by Crippen LogP contribution is 2.18. The molecule has 0 atom stereocenters. The number of aromatic nitrogens is 1. The van der Waals surface area contributed by atoms with Crippen molar-refractivity contribution >= 4 is 11.5 Å². The molecule has 17 heavy (non-hydrogen) atoms. The molecule has 1 aromatic rings. The van der Waals surface area contributed by atoms with Gasteiger partial charge in [0.15, 0.2) is 0 Å². The maximum atomic E-state index is 5.88. The molecule has 0 aliphatic carbocycles. The number of likely N-dealkylation sites (N-methyl/N-ethyl adjacent to an activating group) is 1. The fraction of sp³-hybridized carbons (Fsp3) is 0.615. The molecule has 1 aliphatic rings. The van der Waals surface area contributed by atoms with Gasteiger partial charge in [-0.3, -0.25) is 0 Å². The molecule has 0 aromatic carbocycles. The predicted molar refractivity (Wildman–Crippen MR) is 72.4 cm³/mol. The molecule has 0 unspecified atom stereocenters. The summed E-state index contributed by atoms with van der Waals surface area (Å²) in [5.74, 6) is 1.08. The summed E-state index contributed by atoms with van der Waals surface area (Å²) in [6.07, 6.45) is 0.897. The van der Waals surface area contributed by atoms with Crippen LogP contribution in [0, 0.1) is 0 Å². The van der Waals surface area contributed by atoms with Crippen LogP contribution >= 0.6 is 0 Å². The van der Waals surface area contributed by atoms with Crippen molar-refractivity contribution in [3.63, 3.8) is 0 Å². The Morgan fingerprint density at radius 3 is 2.47 bits per heavy atom. The minimum absolute atomic E-state index is 0.809. The van der Waals surface area contributed by atoms with Gasteiger partial charge in [-0.2, -0.15) is 0 Å². The summed E-state index contributed by atoms with van der Waals surface area (Å²) in [5.41, 5.74) is 7.71. The third kappa shape index (κ3) is 2.69. The summed E-state index contributed by atoms with van der Waals surface area (Å²) in [5, 5.41) is 0. The zero-order valence-corrected chi connectivity index (χ0v) is 10.8. The number of piperazine rings is 1. The van der Waals surface area contributed by atoms with E-state index >= 15 is 0 Å². The molecule has 2 N–H and O–H groups in total. The molecule has 2 heterocycles. The highest BCUT2D eigenvalue weighted by Gasteiger charge is 2.17. The second-order valence-electron chi connectivity index (χ2n) is 4.48. The molecule has 1 saturated heterocycles. The number of nitrogen functional groups attached to an aromatic ring is 1.